The van der Waals surface area contributed by atoms with E-state index in [2.05, 4.69) is 15.0 Å². The Morgan fingerprint density at radius 3 is 2.54 bits per heavy atom. The van der Waals surface area contributed by atoms with Gasteiger partial charge in [-0.25, -0.2) is 4.39 Å². The van der Waals surface area contributed by atoms with Gasteiger partial charge in [-0.1, -0.05) is 49.1 Å². The molecular formula is C23H27ClFN5O4S. The highest BCUT2D eigenvalue weighted by Crippen LogP contribution is 2.33. The zero-order chi connectivity index (χ0) is 25.0. The number of hydrogen-bond acceptors (Lipinski definition) is 5. The van der Waals surface area contributed by atoms with E-state index < -0.39 is 40.4 Å². The number of hydrogen-bond donors (Lipinski definition) is 2. The number of aromatic nitrogens is 1. The average Bonchev–Trinajstić information content (AvgIpc) is 3.69. The van der Waals surface area contributed by atoms with Crippen molar-refractivity contribution in [1.82, 2.24) is 19.3 Å². The summed E-state index contributed by atoms with van der Waals surface area (Å²) in [5.74, 6) is -1.96. The van der Waals surface area contributed by atoms with E-state index in [4.69, 9.17) is 11.6 Å². The van der Waals surface area contributed by atoms with Gasteiger partial charge in [0, 0.05) is 35.8 Å². The van der Waals surface area contributed by atoms with Gasteiger partial charge in [-0.05, 0) is 18.9 Å². The molecule has 1 aromatic carbocycles. The first-order valence-corrected chi connectivity index (χ1v) is 13.3. The molecule has 0 unspecified atom stereocenters. The van der Waals surface area contributed by atoms with Crippen molar-refractivity contribution in [1.29, 1.82) is 0 Å². The van der Waals surface area contributed by atoms with Gasteiger partial charge in [-0.15, -0.1) is 0 Å². The fourth-order valence-corrected chi connectivity index (χ4v) is 5.49. The van der Waals surface area contributed by atoms with Crippen LogP contribution in [0.3, 0.4) is 0 Å². The van der Waals surface area contributed by atoms with Gasteiger partial charge in [0.15, 0.2) is 0 Å². The minimum atomic E-state index is -3.83. The summed E-state index contributed by atoms with van der Waals surface area (Å²) in [5, 5.41) is 3.25. The van der Waals surface area contributed by atoms with Crippen molar-refractivity contribution in [3.63, 3.8) is 0 Å². The first-order chi connectivity index (χ1) is 16.8. The minimum Gasteiger partial charge on any atom is -0.351 e. The Hall–Kier alpha value is -2.60. The van der Waals surface area contributed by atoms with Crippen molar-refractivity contribution in [3.05, 3.63) is 59.1 Å². The van der Waals surface area contributed by atoms with Crippen LogP contribution in [-0.2, 0) is 19.8 Å². The third kappa shape index (κ3) is 6.35. The molecule has 1 atom stereocenters. The molecule has 1 aromatic heterocycles. The van der Waals surface area contributed by atoms with Gasteiger partial charge in [-0.3, -0.25) is 19.5 Å². The number of benzene rings is 1. The standard InChI is InChI=1S/C23H27ClFN5O4S/c24-20-9-5-4-8-19(20)22(23(32)28-17-6-2-1-3-7-17)30(18-12-16(25)13-26-14-18)21(31)15-27-35(33,34)29-10-11-29/h4-5,8-9,12-14,17,22,27H,1-3,6-7,10-11,15H2,(H,28,32)/t22-/m0/s1. The van der Waals surface area contributed by atoms with Gasteiger partial charge in [0.1, 0.15) is 11.9 Å². The number of rotatable bonds is 9. The second-order valence-electron chi connectivity index (χ2n) is 8.62. The number of pyridine rings is 1. The molecule has 1 saturated heterocycles. The summed E-state index contributed by atoms with van der Waals surface area (Å²) in [6.07, 6.45) is 6.90. The largest absolute Gasteiger partial charge is 0.351 e. The topological polar surface area (TPSA) is 111 Å². The number of nitrogens with zero attached hydrogens (tertiary/aromatic N) is 3. The van der Waals surface area contributed by atoms with Crippen LogP contribution in [0.15, 0.2) is 42.7 Å². The molecule has 0 bridgehead atoms. The smallest absolute Gasteiger partial charge is 0.280 e. The summed E-state index contributed by atoms with van der Waals surface area (Å²) in [6, 6.07) is 6.31. The highest BCUT2D eigenvalue weighted by molar-refractivity contribution is 7.87. The molecule has 2 heterocycles. The van der Waals surface area contributed by atoms with Crippen LogP contribution < -0.4 is 14.9 Å². The molecule has 12 heteroatoms. The molecule has 0 radical (unpaired) electrons. The van der Waals surface area contributed by atoms with Crippen molar-refractivity contribution in [2.45, 2.75) is 44.2 Å². The molecule has 1 saturated carbocycles. The van der Waals surface area contributed by atoms with Gasteiger partial charge in [-0.2, -0.15) is 17.4 Å². The Kier molecular flexibility index (Phi) is 8.00. The van der Waals surface area contributed by atoms with Crippen molar-refractivity contribution in [2.24, 2.45) is 0 Å². The van der Waals surface area contributed by atoms with Crippen LogP contribution in [0.25, 0.3) is 0 Å². The molecule has 2 amide bonds. The Bertz CT molecular complexity index is 1190. The Morgan fingerprint density at radius 2 is 1.89 bits per heavy atom. The molecule has 2 N–H and O–H groups in total. The van der Waals surface area contributed by atoms with E-state index in [1.807, 2.05) is 0 Å². The maximum atomic E-state index is 14.2. The first-order valence-electron chi connectivity index (χ1n) is 11.5. The van der Waals surface area contributed by atoms with E-state index in [9.17, 15) is 22.4 Å². The van der Waals surface area contributed by atoms with Crippen molar-refractivity contribution in [2.75, 3.05) is 24.5 Å². The second kappa shape index (κ2) is 11.0. The zero-order valence-electron chi connectivity index (χ0n) is 19.0. The van der Waals surface area contributed by atoms with Crippen LogP contribution in [0.2, 0.25) is 5.02 Å². The monoisotopic (exact) mass is 523 g/mol. The number of anilines is 1. The lowest BCUT2D eigenvalue weighted by atomic mass is 9.94. The molecule has 188 valence electrons. The van der Waals surface area contributed by atoms with Crippen LogP contribution in [0.4, 0.5) is 10.1 Å². The molecule has 1 aliphatic carbocycles. The van der Waals surface area contributed by atoms with Gasteiger partial charge in [0.2, 0.25) is 11.8 Å². The highest BCUT2D eigenvalue weighted by atomic mass is 35.5. The van der Waals surface area contributed by atoms with Gasteiger partial charge in [0.25, 0.3) is 10.2 Å². The summed E-state index contributed by atoms with van der Waals surface area (Å²) < 4.78 is 42.1. The van der Waals surface area contributed by atoms with Crippen LogP contribution in [0.5, 0.6) is 0 Å². The Labute approximate surface area is 208 Å². The summed E-state index contributed by atoms with van der Waals surface area (Å²) in [5.41, 5.74) is 0.332. The van der Waals surface area contributed by atoms with Gasteiger partial charge < -0.3 is 5.32 Å². The van der Waals surface area contributed by atoms with Crippen molar-refractivity contribution < 1.29 is 22.4 Å². The van der Waals surface area contributed by atoms with Crippen LogP contribution in [0, 0.1) is 5.82 Å². The predicted molar refractivity (Wildman–Crippen MR) is 129 cm³/mol. The second-order valence-corrected chi connectivity index (χ2v) is 10.8. The molecule has 1 aliphatic heterocycles. The van der Waals surface area contributed by atoms with E-state index >= 15 is 0 Å². The molecule has 2 aromatic rings. The number of amides is 2. The third-order valence-corrected chi connectivity index (χ3v) is 7.95. The van der Waals surface area contributed by atoms with Crippen molar-refractivity contribution in [3.8, 4) is 0 Å². The molecule has 9 nitrogen and oxygen atoms in total. The van der Waals surface area contributed by atoms with Crippen LogP contribution in [0.1, 0.15) is 43.7 Å². The van der Waals surface area contributed by atoms with Gasteiger partial charge >= 0.3 is 0 Å². The lowest BCUT2D eigenvalue weighted by Crippen LogP contribution is -2.50. The lowest BCUT2D eigenvalue weighted by Gasteiger charge is -2.33. The fraction of sp³-hybridized carbons (Fsp3) is 0.435. The molecule has 4 rings (SSSR count). The Morgan fingerprint density at radius 1 is 1.17 bits per heavy atom. The van der Waals surface area contributed by atoms with E-state index in [0.717, 1.165) is 53.6 Å². The third-order valence-electron chi connectivity index (χ3n) is 6.05. The quantitative estimate of drug-likeness (QED) is 0.491. The summed E-state index contributed by atoms with van der Waals surface area (Å²) >= 11 is 6.45. The number of nitrogens with one attached hydrogen (secondary N) is 2. The maximum absolute atomic E-state index is 14.2. The average molecular weight is 524 g/mol. The van der Waals surface area contributed by atoms with Crippen LogP contribution >= 0.6 is 11.6 Å². The highest BCUT2D eigenvalue weighted by Gasteiger charge is 2.37. The minimum absolute atomic E-state index is 0.00430. The molecular weight excluding hydrogens is 497 g/mol. The number of halogens is 2. The Balaban J connectivity index is 1.71. The SMILES string of the molecule is O=C(NC1CCCCC1)[C@H](c1ccccc1Cl)N(C(=O)CNS(=O)(=O)N1CC1)c1cncc(F)c1. The van der Waals surface area contributed by atoms with Crippen LogP contribution in [-0.4, -0.2) is 55.2 Å². The number of carbonyl (C=O) groups excluding carboxylic acids is 2. The zero-order valence-corrected chi connectivity index (χ0v) is 20.6. The van der Waals surface area contributed by atoms with E-state index in [0.29, 0.717) is 18.7 Å². The fourth-order valence-electron chi connectivity index (χ4n) is 4.20. The van der Waals surface area contributed by atoms with Crippen molar-refractivity contribution >= 4 is 39.3 Å². The summed E-state index contributed by atoms with van der Waals surface area (Å²) in [4.78, 5) is 32.0. The summed E-state index contributed by atoms with van der Waals surface area (Å²) in [6.45, 7) is 0.104. The van der Waals surface area contributed by atoms with Gasteiger partial charge in [0.05, 0.1) is 24.6 Å². The van der Waals surface area contributed by atoms with E-state index in [-0.39, 0.29) is 16.8 Å². The molecule has 2 aliphatic rings. The summed E-state index contributed by atoms with van der Waals surface area (Å²) in [7, 11) is -3.83. The molecule has 2 fully saturated rings. The maximum Gasteiger partial charge on any atom is 0.280 e. The lowest BCUT2D eigenvalue weighted by molar-refractivity contribution is -0.127. The predicted octanol–water partition coefficient (Wildman–Crippen LogP) is 2.55. The normalized spacial score (nSPS) is 17.5. The molecule has 35 heavy (non-hydrogen) atoms. The number of carbonyl (C=O) groups is 2. The first kappa shape index (κ1) is 25.5. The van der Waals surface area contributed by atoms with E-state index in [1.165, 1.54) is 6.20 Å². The molecule has 0 spiro atoms. The van der Waals surface area contributed by atoms with E-state index in [1.54, 1.807) is 24.3 Å².